The normalized spacial score (nSPS) is 13.3. The SMILES string of the molecule is Cn1cccc1C(=O)Nc1ccc(-c2cc(C3CCC3)n(C(=O)NCc3ccccc3F)n2)c(O)c1. The number of carbonyl (C=O) groups excluding carboxylic acids is 2. The van der Waals surface area contributed by atoms with Crippen molar-refractivity contribution in [2.24, 2.45) is 7.05 Å². The number of amides is 2. The first-order valence-electron chi connectivity index (χ1n) is 11.8. The third-order valence-electron chi connectivity index (χ3n) is 6.55. The molecular weight excluding hydrogens is 461 g/mol. The Morgan fingerprint density at radius 3 is 2.58 bits per heavy atom. The van der Waals surface area contributed by atoms with Gasteiger partial charge in [-0.2, -0.15) is 9.78 Å². The number of benzene rings is 2. The van der Waals surface area contributed by atoms with Crippen molar-refractivity contribution in [1.29, 1.82) is 0 Å². The van der Waals surface area contributed by atoms with E-state index in [1.54, 1.807) is 60.3 Å². The molecule has 1 aliphatic rings. The molecule has 184 valence electrons. The highest BCUT2D eigenvalue weighted by molar-refractivity contribution is 6.03. The molecule has 5 rings (SSSR count). The van der Waals surface area contributed by atoms with E-state index in [1.165, 1.54) is 16.8 Å². The lowest BCUT2D eigenvalue weighted by atomic mass is 9.82. The van der Waals surface area contributed by atoms with E-state index in [-0.39, 0.29) is 29.9 Å². The number of halogens is 1. The molecule has 2 aromatic carbocycles. The van der Waals surface area contributed by atoms with E-state index in [4.69, 9.17) is 0 Å². The highest BCUT2D eigenvalue weighted by Crippen LogP contribution is 2.39. The van der Waals surface area contributed by atoms with Gasteiger partial charge < -0.3 is 20.3 Å². The second kappa shape index (κ2) is 9.69. The van der Waals surface area contributed by atoms with Gasteiger partial charge in [0.2, 0.25) is 0 Å². The van der Waals surface area contributed by atoms with Crippen molar-refractivity contribution in [3.8, 4) is 17.0 Å². The van der Waals surface area contributed by atoms with Crippen LogP contribution in [0.2, 0.25) is 0 Å². The number of aromatic hydroxyl groups is 1. The van der Waals surface area contributed by atoms with Gasteiger partial charge in [0.1, 0.15) is 17.3 Å². The van der Waals surface area contributed by atoms with Gasteiger partial charge in [-0.3, -0.25) is 4.79 Å². The zero-order valence-electron chi connectivity index (χ0n) is 19.7. The topological polar surface area (TPSA) is 101 Å². The van der Waals surface area contributed by atoms with Crippen molar-refractivity contribution >= 4 is 17.6 Å². The summed E-state index contributed by atoms with van der Waals surface area (Å²) in [5.41, 5.74) is 2.94. The summed E-state index contributed by atoms with van der Waals surface area (Å²) in [4.78, 5) is 25.5. The lowest BCUT2D eigenvalue weighted by Crippen LogP contribution is -2.31. The molecule has 2 amide bonds. The van der Waals surface area contributed by atoms with Crippen LogP contribution in [0, 0.1) is 5.82 Å². The van der Waals surface area contributed by atoms with Gasteiger partial charge in [0.05, 0.1) is 11.4 Å². The Hall–Kier alpha value is -4.40. The van der Waals surface area contributed by atoms with E-state index in [0.29, 0.717) is 28.2 Å². The molecule has 3 N–H and O–H groups in total. The summed E-state index contributed by atoms with van der Waals surface area (Å²) in [6.07, 6.45) is 4.74. The molecule has 4 aromatic rings. The summed E-state index contributed by atoms with van der Waals surface area (Å²) in [5, 5.41) is 20.7. The number of carbonyl (C=O) groups is 2. The molecule has 0 unspecified atom stereocenters. The Kier molecular flexibility index (Phi) is 6.28. The van der Waals surface area contributed by atoms with Gasteiger partial charge >= 0.3 is 6.03 Å². The fourth-order valence-corrected chi connectivity index (χ4v) is 4.29. The van der Waals surface area contributed by atoms with Crippen molar-refractivity contribution in [2.75, 3.05) is 5.32 Å². The van der Waals surface area contributed by atoms with Crippen LogP contribution in [0.1, 0.15) is 46.9 Å². The fraction of sp³-hybridized carbons (Fsp3) is 0.222. The predicted octanol–water partition coefficient (Wildman–Crippen LogP) is 5.01. The molecule has 0 saturated heterocycles. The number of aromatic nitrogens is 3. The van der Waals surface area contributed by atoms with Crippen LogP contribution in [0.5, 0.6) is 5.75 Å². The standard InChI is InChI=1S/C27H26FN5O3/c1-32-13-5-10-23(32)26(35)30-19-11-12-20(25(34)14-19)22-15-24(17-7-4-8-17)33(31-22)27(36)29-16-18-6-2-3-9-21(18)28/h2-3,5-6,9-15,17,34H,4,7-8,16H2,1H3,(H,29,36)(H,30,35). The van der Waals surface area contributed by atoms with Gasteiger partial charge in [-0.15, -0.1) is 0 Å². The van der Waals surface area contributed by atoms with Gasteiger partial charge in [0.25, 0.3) is 5.91 Å². The van der Waals surface area contributed by atoms with Gasteiger partial charge in [-0.1, -0.05) is 24.6 Å². The average Bonchev–Trinajstić information content (AvgIpc) is 3.44. The van der Waals surface area contributed by atoms with Crippen LogP contribution in [-0.4, -0.2) is 31.4 Å². The van der Waals surface area contributed by atoms with Gasteiger partial charge in [-0.05, 0) is 49.2 Å². The van der Waals surface area contributed by atoms with E-state index in [2.05, 4.69) is 15.7 Å². The fourth-order valence-electron chi connectivity index (χ4n) is 4.29. The number of aryl methyl sites for hydroxylation is 1. The molecule has 36 heavy (non-hydrogen) atoms. The van der Waals surface area contributed by atoms with Crippen molar-refractivity contribution in [3.63, 3.8) is 0 Å². The molecule has 0 atom stereocenters. The molecular formula is C27H26FN5O3. The number of anilines is 1. The van der Waals surface area contributed by atoms with Crippen LogP contribution in [0.4, 0.5) is 14.9 Å². The Balaban J connectivity index is 1.37. The Labute approximate surface area is 207 Å². The van der Waals surface area contributed by atoms with Crippen LogP contribution in [0.15, 0.2) is 66.9 Å². The smallest absolute Gasteiger partial charge is 0.342 e. The molecule has 2 aromatic heterocycles. The van der Waals surface area contributed by atoms with Crippen molar-refractivity contribution in [3.05, 3.63) is 89.6 Å². The minimum atomic E-state index is -0.461. The van der Waals surface area contributed by atoms with E-state index in [9.17, 15) is 19.1 Å². The zero-order valence-corrected chi connectivity index (χ0v) is 19.7. The second-order valence-corrected chi connectivity index (χ2v) is 8.93. The summed E-state index contributed by atoms with van der Waals surface area (Å²) >= 11 is 0. The summed E-state index contributed by atoms with van der Waals surface area (Å²) in [6, 6.07) is 15.9. The highest BCUT2D eigenvalue weighted by Gasteiger charge is 2.27. The van der Waals surface area contributed by atoms with E-state index in [0.717, 1.165) is 25.0 Å². The molecule has 1 aliphatic carbocycles. The monoisotopic (exact) mass is 487 g/mol. The van der Waals surface area contributed by atoms with Crippen LogP contribution in [0.3, 0.4) is 0 Å². The van der Waals surface area contributed by atoms with Crippen LogP contribution in [-0.2, 0) is 13.6 Å². The zero-order chi connectivity index (χ0) is 25.2. The third kappa shape index (κ3) is 4.59. The number of hydrogen-bond donors (Lipinski definition) is 3. The van der Waals surface area contributed by atoms with Gasteiger partial charge in [-0.25, -0.2) is 9.18 Å². The Bertz CT molecular complexity index is 1440. The lowest BCUT2D eigenvalue weighted by molar-refractivity contribution is 0.101. The lowest BCUT2D eigenvalue weighted by Gasteiger charge is -2.25. The first-order chi connectivity index (χ1) is 17.4. The van der Waals surface area contributed by atoms with Gasteiger partial charge in [0, 0.05) is 48.6 Å². The number of hydrogen-bond acceptors (Lipinski definition) is 4. The number of rotatable bonds is 6. The maximum Gasteiger partial charge on any atom is 0.342 e. The van der Waals surface area contributed by atoms with Crippen molar-refractivity contribution in [1.82, 2.24) is 19.7 Å². The predicted molar refractivity (Wildman–Crippen MR) is 133 cm³/mol. The summed E-state index contributed by atoms with van der Waals surface area (Å²) < 4.78 is 17.0. The molecule has 0 aliphatic heterocycles. The molecule has 8 nitrogen and oxygen atoms in total. The number of phenolic OH excluding ortho intramolecular Hbond substituents is 1. The molecule has 1 saturated carbocycles. The van der Waals surface area contributed by atoms with E-state index >= 15 is 0 Å². The molecule has 2 heterocycles. The highest BCUT2D eigenvalue weighted by atomic mass is 19.1. The largest absolute Gasteiger partial charge is 0.507 e. The molecule has 1 fully saturated rings. The minimum Gasteiger partial charge on any atom is -0.507 e. The summed E-state index contributed by atoms with van der Waals surface area (Å²) in [7, 11) is 1.78. The second-order valence-electron chi connectivity index (χ2n) is 8.93. The molecule has 0 radical (unpaired) electrons. The molecule has 9 heteroatoms. The summed E-state index contributed by atoms with van der Waals surface area (Å²) in [6.45, 7) is 0.0333. The molecule has 0 spiro atoms. The Morgan fingerprint density at radius 1 is 1.11 bits per heavy atom. The van der Waals surface area contributed by atoms with Crippen LogP contribution < -0.4 is 10.6 Å². The third-order valence-corrected chi connectivity index (χ3v) is 6.55. The molecule has 0 bridgehead atoms. The average molecular weight is 488 g/mol. The number of nitrogens with zero attached hydrogens (tertiary/aromatic N) is 3. The number of nitrogens with one attached hydrogen (secondary N) is 2. The van der Waals surface area contributed by atoms with Crippen LogP contribution in [0.25, 0.3) is 11.3 Å². The Morgan fingerprint density at radius 2 is 1.92 bits per heavy atom. The minimum absolute atomic E-state index is 0.0333. The number of phenols is 1. The van der Waals surface area contributed by atoms with Crippen LogP contribution >= 0.6 is 0 Å². The maximum atomic E-state index is 14.0. The quantitative estimate of drug-likeness (QED) is 0.356. The van der Waals surface area contributed by atoms with Crippen molar-refractivity contribution < 1.29 is 19.1 Å². The van der Waals surface area contributed by atoms with Gasteiger partial charge in [0.15, 0.2) is 0 Å². The summed E-state index contributed by atoms with van der Waals surface area (Å²) in [5.74, 6) is -0.562. The first kappa shape index (κ1) is 23.3. The maximum absolute atomic E-state index is 14.0. The van der Waals surface area contributed by atoms with E-state index in [1.807, 2.05) is 6.07 Å². The first-order valence-corrected chi connectivity index (χ1v) is 11.8. The van der Waals surface area contributed by atoms with E-state index < -0.39 is 6.03 Å². The van der Waals surface area contributed by atoms with Crippen molar-refractivity contribution in [2.45, 2.75) is 31.7 Å².